The van der Waals surface area contributed by atoms with E-state index in [2.05, 4.69) is 137 Å². The third-order valence-electron chi connectivity index (χ3n) is 7.94. The van der Waals surface area contributed by atoms with E-state index in [1.54, 1.807) is 6.07 Å². The molecule has 0 amide bonds. The summed E-state index contributed by atoms with van der Waals surface area (Å²) in [6.07, 6.45) is 1.41. The molecule has 47 heavy (non-hydrogen) atoms. The van der Waals surface area contributed by atoms with Crippen molar-refractivity contribution < 1.29 is 9.90 Å². The smallest absolute Gasteiger partial charge is 0.346 e. The first-order valence-electron chi connectivity index (χ1n) is 15.1. The van der Waals surface area contributed by atoms with Gasteiger partial charge in [-0.25, -0.2) is 4.79 Å². The number of anilines is 5. The zero-order chi connectivity index (χ0) is 32.8. The molecular formula is C40H32N4O2S. The highest BCUT2D eigenvalue weighted by Gasteiger charge is 2.15. The first-order valence-corrected chi connectivity index (χ1v) is 15.9. The summed E-state index contributed by atoms with van der Waals surface area (Å²) < 4.78 is 0. The molecule has 6 rings (SSSR count). The van der Waals surface area contributed by atoms with E-state index >= 15 is 0 Å². The molecule has 0 aliphatic carbocycles. The average molecular weight is 633 g/mol. The maximum atomic E-state index is 11.3. The van der Waals surface area contributed by atoms with Gasteiger partial charge in [-0.15, -0.1) is 11.3 Å². The number of hydrogen-bond donors (Lipinski definition) is 3. The van der Waals surface area contributed by atoms with Crippen LogP contribution >= 0.6 is 11.3 Å². The minimum Gasteiger partial charge on any atom is -0.477 e. The van der Waals surface area contributed by atoms with Gasteiger partial charge < -0.3 is 20.6 Å². The first kappa shape index (κ1) is 30.9. The minimum absolute atomic E-state index is 0.286. The zero-order valence-corrected chi connectivity index (χ0v) is 26.8. The van der Waals surface area contributed by atoms with Crippen LogP contribution < -0.4 is 15.5 Å². The Labute approximate surface area is 278 Å². The van der Waals surface area contributed by atoms with Gasteiger partial charge in [-0.2, -0.15) is 5.26 Å². The van der Waals surface area contributed by atoms with Crippen molar-refractivity contribution >= 4 is 51.8 Å². The van der Waals surface area contributed by atoms with Gasteiger partial charge >= 0.3 is 5.97 Å². The Morgan fingerprint density at radius 2 is 1.00 bits per heavy atom. The normalized spacial score (nSPS) is 11.0. The van der Waals surface area contributed by atoms with Crippen molar-refractivity contribution in [3.63, 3.8) is 0 Å². The highest BCUT2D eigenvalue weighted by Crippen LogP contribution is 2.38. The highest BCUT2D eigenvalue weighted by molar-refractivity contribution is 7.16. The lowest BCUT2D eigenvalue weighted by molar-refractivity contribution is -0.132. The quantitative estimate of drug-likeness (QED) is 0.103. The van der Waals surface area contributed by atoms with Crippen molar-refractivity contribution in [3.8, 4) is 38.8 Å². The zero-order valence-electron chi connectivity index (χ0n) is 25.9. The van der Waals surface area contributed by atoms with Crippen molar-refractivity contribution in [1.82, 2.24) is 0 Å². The number of nitrogens with zero attached hydrogens (tertiary/aromatic N) is 2. The third-order valence-corrected chi connectivity index (χ3v) is 9.02. The van der Waals surface area contributed by atoms with E-state index < -0.39 is 5.97 Å². The molecule has 0 aliphatic rings. The number of nitrogens with one attached hydrogen (secondary N) is 2. The molecule has 0 aliphatic heterocycles. The van der Waals surface area contributed by atoms with Crippen LogP contribution in [0.3, 0.4) is 0 Å². The molecule has 1 aromatic heterocycles. The van der Waals surface area contributed by atoms with Gasteiger partial charge in [0.15, 0.2) is 0 Å². The van der Waals surface area contributed by atoms with Gasteiger partial charge in [0.25, 0.3) is 0 Å². The van der Waals surface area contributed by atoms with Gasteiger partial charge in [-0.05, 0) is 107 Å². The molecule has 0 atom stereocenters. The molecule has 0 unspecified atom stereocenters. The summed E-state index contributed by atoms with van der Waals surface area (Å²) in [5.74, 6) is -1.23. The lowest BCUT2D eigenvalue weighted by Gasteiger charge is -2.26. The molecule has 6 nitrogen and oxygen atoms in total. The summed E-state index contributed by atoms with van der Waals surface area (Å²) >= 11 is 1.45. The predicted molar refractivity (Wildman–Crippen MR) is 196 cm³/mol. The van der Waals surface area contributed by atoms with E-state index in [0.29, 0.717) is 4.88 Å². The van der Waals surface area contributed by atoms with Gasteiger partial charge in [0.05, 0.1) is 0 Å². The van der Waals surface area contributed by atoms with Crippen molar-refractivity contribution in [2.45, 2.75) is 0 Å². The Balaban J connectivity index is 1.33. The molecule has 0 saturated carbocycles. The molecule has 7 heteroatoms. The van der Waals surface area contributed by atoms with E-state index in [1.165, 1.54) is 17.4 Å². The molecule has 0 saturated heterocycles. The number of carbonyl (C=O) groups is 1. The summed E-state index contributed by atoms with van der Waals surface area (Å²) in [4.78, 5) is 15.2. The monoisotopic (exact) mass is 632 g/mol. The number of nitriles is 1. The SMILES string of the molecule is CNc1ccc(-c2ccc(N(c3ccc(-c4ccc(NC)cc4)cc3)c3ccc(-c4ccc(/C=C(\C#N)C(=O)O)s4)cc3)cc2)cc1. The fourth-order valence-corrected chi connectivity index (χ4v) is 6.31. The Morgan fingerprint density at radius 1 is 0.617 bits per heavy atom. The van der Waals surface area contributed by atoms with Crippen LogP contribution in [0.2, 0.25) is 0 Å². The number of rotatable bonds is 10. The first-order chi connectivity index (χ1) is 22.9. The average Bonchev–Trinajstić information content (AvgIpc) is 3.60. The Hall–Kier alpha value is -6.10. The molecule has 0 fully saturated rings. The van der Waals surface area contributed by atoms with Crippen LogP contribution in [0.25, 0.3) is 38.8 Å². The lowest BCUT2D eigenvalue weighted by Crippen LogP contribution is -2.09. The summed E-state index contributed by atoms with van der Waals surface area (Å²) in [5.41, 5.74) is 10.5. The van der Waals surface area contributed by atoms with E-state index in [9.17, 15) is 9.90 Å². The number of carboxylic acids is 1. The Kier molecular flexibility index (Phi) is 9.14. The second-order valence-electron chi connectivity index (χ2n) is 10.8. The van der Waals surface area contributed by atoms with Crippen LogP contribution in [-0.4, -0.2) is 25.2 Å². The van der Waals surface area contributed by atoms with Crippen molar-refractivity contribution in [2.75, 3.05) is 29.6 Å². The molecule has 0 radical (unpaired) electrons. The van der Waals surface area contributed by atoms with Crippen LogP contribution in [0.15, 0.2) is 139 Å². The summed E-state index contributed by atoms with van der Waals surface area (Å²) in [5, 5.41) is 24.7. The van der Waals surface area contributed by atoms with Crippen LogP contribution in [0.1, 0.15) is 4.88 Å². The minimum atomic E-state index is -1.23. The van der Waals surface area contributed by atoms with E-state index in [0.717, 1.165) is 61.1 Å². The number of thiophene rings is 1. The van der Waals surface area contributed by atoms with Gasteiger partial charge in [0.2, 0.25) is 0 Å². The predicted octanol–water partition coefficient (Wildman–Crippen LogP) is 10.3. The number of hydrogen-bond acceptors (Lipinski definition) is 6. The van der Waals surface area contributed by atoms with Gasteiger partial charge in [0.1, 0.15) is 11.6 Å². The summed E-state index contributed by atoms with van der Waals surface area (Å²) in [6, 6.07) is 47.8. The fraction of sp³-hybridized carbons (Fsp3) is 0.0500. The van der Waals surface area contributed by atoms with E-state index in [-0.39, 0.29) is 5.57 Å². The molecule has 5 aromatic carbocycles. The summed E-state index contributed by atoms with van der Waals surface area (Å²) in [6.45, 7) is 0. The Morgan fingerprint density at radius 3 is 1.36 bits per heavy atom. The van der Waals surface area contributed by atoms with Crippen LogP contribution in [0.5, 0.6) is 0 Å². The highest BCUT2D eigenvalue weighted by atomic mass is 32.1. The van der Waals surface area contributed by atoms with Crippen molar-refractivity contribution in [2.24, 2.45) is 0 Å². The number of benzene rings is 5. The fourth-order valence-electron chi connectivity index (χ4n) is 5.36. The second-order valence-corrected chi connectivity index (χ2v) is 11.9. The summed E-state index contributed by atoms with van der Waals surface area (Å²) in [7, 11) is 3.83. The van der Waals surface area contributed by atoms with E-state index in [1.807, 2.05) is 26.2 Å². The van der Waals surface area contributed by atoms with Crippen LogP contribution in [0, 0.1) is 11.3 Å². The largest absolute Gasteiger partial charge is 0.477 e. The maximum absolute atomic E-state index is 11.3. The third kappa shape index (κ3) is 6.94. The maximum Gasteiger partial charge on any atom is 0.346 e. The molecule has 0 bridgehead atoms. The number of carboxylic acid groups (broad SMARTS) is 1. The molecule has 0 spiro atoms. The van der Waals surface area contributed by atoms with Crippen LogP contribution in [-0.2, 0) is 4.79 Å². The Bertz CT molecular complexity index is 1970. The van der Waals surface area contributed by atoms with Crippen molar-refractivity contribution in [1.29, 1.82) is 5.26 Å². The topological polar surface area (TPSA) is 88.4 Å². The molecular weight excluding hydrogens is 601 g/mol. The molecule has 1 heterocycles. The second kappa shape index (κ2) is 13.9. The van der Waals surface area contributed by atoms with E-state index in [4.69, 9.17) is 5.26 Å². The number of aliphatic carboxylic acids is 1. The standard InChI is InChI=1S/C40H32N4O2S/c1-42-33-13-3-27(4-14-33)29-7-17-35(18-8-29)44(36-19-9-30(10-20-36)28-5-15-34(43-2)16-6-28)37-21-11-31(12-22-37)39-24-23-38(47-39)25-32(26-41)40(45)46/h3-25,42-43H,1-2H3,(H,45,46)/b32-25+. The molecule has 3 N–H and O–H groups in total. The molecule has 230 valence electrons. The van der Waals surface area contributed by atoms with Gasteiger partial charge in [-0.3, -0.25) is 0 Å². The van der Waals surface area contributed by atoms with Crippen LogP contribution in [0.4, 0.5) is 28.4 Å². The van der Waals surface area contributed by atoms with Gasteiger partial charge in [-0.1, -0.05) is 60.7 Å². The molecule has 6 aromatic rings. The van der Waals surface area contributed by atoms with Crippen molar-refractivity contribution in [3.05, 3.63) is 144 Å². The lowest BCUT2D eigenvalue weighted by atomic mass is 10.0. The van der Waals surface area contributed by atoms with Gasteiger partial charge in [0, 0.05) is 52.3 Å².